The van der Waals surface area contributed by atoms with Crippen molar-refractivity contribution in [3.8, 4) is 16.9 Å². The van der Waals surface area contributed by atoms with Crippen LogP contribution >= 0.6 is 0 Å². The predicted molar refractivity (Wildman–Crippen MR) is 123 cm³/mol. The first-order valence-electron chi connectivity index (χ1n) is 10.5. The minimum absolute atomic E-state index is 1.000. The van der Waals surface area contributed by atoms with Gasteiger partial charge in [0.2, 0.25) is 0 Å². The van der Waals surface area contributed by atoms with E-state index in [9.17, 15) is 0 Å². The summed E-state index contributed by atoms with van der Waals surface area (Å²) in [5.41, 5.74) is 8.00. The molecule has 1 saturated heterocycles. The molecule has 0 radical (unpaired) electrons. The van der Waals surface area contributed by atoms with Gasteiger partial charge in [0.25, 0.3) is 0 Å². The molecule has 0 unspecified atom stereocenters. The van der Waals surface area contributed by atoms with E-state index in [-0.39, 0.29) is 0 Å². The fourth-order valence-corrected chi connectivity index (χ4v) is 4.38. The molecule has 1 fully saturated rings. The number of nitrogens with zero attached hydrogens (tertiary/aromatic N) is 5. The first-order chi connectivity index (χ1) is 14.6. The van der Waals surface area contributed by atoms with E-state index >= 15 is 0 Å². The molecular weight excluding hydrogens is 370 g/mol. The number of benzene rings is 2. The lowest BCUT2D eigenvalue weighted by molar-refractivity contribution is 0.313. The van der Waals surface area contributed by atoms with Crippen LogP contribution in [0.5, 0.6) is 0 Å². The zero-order valence-corrected chi connectivity index (χ0v) is 17.8. The van der Waals surface area contributed by atoms with Crippen molar-refractivity contribution in [2.75, 3.05) is 38.1 Å². The van der Waals surface area contributed by atoms with Crippen LogP contribution in [0.15, 0.2) is 60.9 Å². The summed E-state index contributed by atoms with van der Waals surface area (Å²) in [6.07, 6.45) is 3.76. The molecule has 0 amide bonds. The van der Waals surface area contributed by atoms with Crippen molar-refractivity contribution in [1.29, 1.82) is 0 Å². The van der Waals surface area contributed by atoms with Gasteiger partial charge in [0.1, 0.15) is 5.69 Å². The van der Waals surface area contributed by atoms with Crippen molar-refractivity contribution in [2.45, 2.75) is 13.8 Å². The Labute approximate surface area is 177 Å². The SMILES string of the molecule is Cc1cccc(C)c1-n1nc(-c2ccc(N3CCN(C)CC3)cc2)c2ccncc21. The number of aryl methyl sites for hydroxylation is 2. The van der Waals surface area contributed by atoms with Crippen LogP contribution < -0.4 is 4.90 Å². The number of fused-ring (bicyclic) bond motifs is 1. The van der Waals surface area contributed by atoms with Gasteiger partial charge in [-0.05, 0) is 50.2 Å². The van der Waals surface area contributed by atoms with Crippen LogP contribution in [0, 0.1) is 13.8 Å². The van der Waals surface area contributed by atoms with E-state index < -0.39 is 0 Å². The molecule has 3 heterocycles. The molecule has 152 valence electrons. The third-order valence-corrected chi connectivity index (χ3v) is 6.14. The minimum Gasteiger partial charge on any atom is -0.369 e. The van der Waals surface area contributed by atoms with E-state index in [1.165, 1.54) is 16.8 Å². The number of piperazine rings is 1. The fraction of sp³-hybridized carbons (Fsp3) is 0.280. The van der Waals surface area contributed by atoms with E-state index in [1.54, 1.807) is 0 Å². The second-order valence-corrected chi connectivity index (χ2v) is 8.23. The molecule has 0 N–H and O–H groups in total. The molecule has 4 aromatic rings. The highest BCUT2D eigenvalue weighted by Crippen LogP contribution is 2.32. The summed E-state index contributed by atoms with van der Waals surface area (Å²) in [6, 6.07) is 17.3. The number of pyridine rings is 1. The van der Waals surface area contributed by atoms with Gasteiger partial charge in [0.05, 0.1) is 17.4 Å². The Kier molecular flexibility index (Phi) is 4.75. The summed E-state index contributed by atoms with van der Waals surface area (Å²) < 4.78 is 2.05. The van der Waals surface area contributed by atoms with Gasteiger partial charge < -0.3 is 9.80 Å². The predicted octanol–water partition coefficient (Wildman–Crippen LogP) is 4.46. The van der Waals surface area contributed by atoms with Gasteiger partial charge in [-0.1, -0.05) is 30.3 Å². The number of hydrogen-bond donors (Lipinski definition) is 0. The highest BCUT2D eigenvalue weighted by molar-refractivity contribution is 5.94. The lowest BCUT2D eigenvalue weighted by atomic mass is 10.1. The number of hydrogen-bond acceptors (Lipinski definition) is 4. The maximum atomic E-state index is 5.06. The minimum atomic E-state index is 1.000. The molecule has 2 aromatic carbocycles. The highest BCUT2D eigenvalue weighted by Gasteiger charge is 2.18. The molecule has 0 atom stereocenters. The first-order valence-corrected chi connectivity index (χ1v) is 10.5. The lowest BCUT2D eigenvalue weighted by Gasteiger charge is -2.34. The average molecular weight is 398 g/mol. The van der Waals surface area contributed by atoms with Crippen molar-refractivity contribution >= 4 is 16.6 Å². The highest BCUT2D eigenvalue weighted by atomic mass is 15.3. The van der Waals surface area contributed by atoms with E-state index in [2.05, 4.69) is 88.9 Å². The summed E-state index contributed by atoms with van der Waals surface area (Å²) in [5.74, 6) is 0. The molecule has 1 aliphatic rings. The van der Waals surface area contributed by atoms with Crippen LogP contribution in [0.3, 0.4) is 0 Å². The topological polar surface area (TPSA) is 37.2 Å². The Bertz CT molecular complexity index is 1160. The zero-order valence-electron chi connectivity index (χ0n) is 17.8. The Hall–Kier alpha value is -3.18. The van der Waals surface area contributed by atoms with Gasteiger partial charge in [-0.25, -0.2) is 4.68 Å². The smallest absolute Gasteiger partial charge is 0.101 e. The summed E-state index contributed by atoms with van der Waals surface area (Å²) in [6.45, 7) is 8.64. The lowest BCUT2D eigenvalue weighted by Crippen LogP contribution is -2.44. The molecule has 2 aromatic heterocycles. The molecule has 0 aliphatic carbocycles. The molecule has 0 bridgehead atoms. The van der Waals surface area contributed by atoms with Crippen LogP contribution in [-0.4, -0.2) is 52.9 Å². The van der Waals surface area contributed by atoms with E-state index in [0.29, 0.717) is 0 Å². The van der Waals surface area contributed by atoms with Gasteiger partial charge in [-0.3, -0.25) is 4.98 Å². The van der Waals surface area contributed by atoms with Crippen LogP contribution in [0.1, 0.15) is 11.1 Å². The molecular formula is C25H27N5. The fourth-order valence-electron chi connectivity index (χ4n) is 4.38. The molecule has 0 saturated carbocycles. The summed E-state index contributed by atoms with van der Waals surface area (Å²) in [4.78, 5) is 9.21. The quantitative estimate of drug-likeness (QED) is 0.512. The Morgan fingerprint density at radius 1 is 0.833 bits per heavy atom. The van der Waals surface area contributed by atoms with Crippen LogP contribution in [0.2, 0.25) is 0 Å². The summed E-state index contributed by atoms with van der Waals surface area (Å²) >= 11 is 0. The monoisotopic (exact) mass is 397 g/mol. The number of para-hydroxylation sites is 1. The molecule has 30 heavy (non-hydrogen) atoms. The van der Waals surface area contributed by atoms with Gasteiger partial charge >= 0.3 is 0 Å². The van der Waals surface area contributed by atoms with E-state index in [4.69, 9.17) is 5.10 Å². The zero-order chi connectivity index (χ0) is 20.7. The van der Waals surface area contributed by atoms with Crippen molar-refractivity contribution in [2.24, 2.45) is 0 Å². The normalized spacial score (nSPS) is 15.1. The van der Waals surface area contributed by atoms with Crippen LogP contribution in [0.4, 0.5) is 5.69 Å². The Morgan fingerprint density at radius 2 is 1.53 bits per heavy atom. The third kappa shape index (κ3) is 3.25. The van der Waals surface area contributed by atoms with Crippen molar-refractivity contribution < 1.29 is 0 Å². The maximum absolute atomic E-state index is 5.06. The Balaban J connectivity index is 1.57. The second-order valence-electron chi connectivity index (χ2n) is 8.23. The maximum Gasteiger partial charge on any atom is 0.101 e. The van der Waals surface area contributed by atoms with Gasteiger partial charge in [0, 0.05) is 49.0 Å². The van der Waals surface area contributed by atoms with Crippen LogP contribution in [0.25, 0.3) is 27.8 Å². The first kappa shape index (κ1) is 18.8. The Morgan fingerprint density at radius 3 is 2.23 bits per heavy atom. The third-order valence-electron chi connectivity index (χ3n) is 6.14. The van der Waals surface area contributed by atoms with Gasteiger partial charge in [-0.2, -0.15) is 5.10 Å². The van der Waals surface area contributed by atoms with E-state index in [0.717, 1.165) is 54.0 Å². The average Bonchev–Trinajstić information content (AvgIpc) is 3.14. The largest absolute Gasteiger partial charge is 0.369 e. The number of anilines is 1. The van der Waals surface area contributed by atoms with Crippen LogP contribution in [-0.2, 0) is 0 Å². The summed E-state index contributed by atoms with van der Waals surface area (Å²) in [5, 5.41) is 6.18. The standard InChI is InChI=1S/C25H27N5/c1-18-5-4-6-19(2)25(18)30-23-17-26-12-11-22(23)24(27-30)20-7-9-21(10-8-20)29-15-13-28(3)14-16-29/h4-12,17H,13-16H2,1-3H3. The van der Waals surface area contributed by atoms with E-state index in [1.807, 2.05) is 12.4 Å². The summed E-state index contributed by atoms with van der Waals surface area (Å²) in [7, 11) is 2.19. The molecule has 1 aliphatic heterocycles. The molecule has 5 rings (SSSR count). The number of aromatic nitrogens is 3. The van der Waals surface area contributed by atoms with Crippen molar-refractivity contribution in [3.63, 3.8) is 0 Å². The molecule has 5 heteroatoms. The van der Waals surface area contributed by atoms with Gasteiger partial charge in [0.15, 0.2) is 0 Å². The van der Waals surface area contributed by atoms with Crippen molar-refractivity contribution in [1.82, 2.24) is 19.7 Å². The van der Waals surface area contributed by atoms with Gasteiger partial charge in [-0.15, -0.1) is 0 Å². The second kappa shape index (κ2) is 7.58. The molecule has 0 spiro atoms. The van der Waals surface area contributed by atoms with Crippen molar-refractivity contribution in [3.05, 3.63) is 72.1 Å². The number of likely N-dealkylation sites (N-methyl/N-ethyl adjacent to an activating group) is 1. The molecule has 5 nitrogen and oxygen atoms in total. The number of rotatable bonds is 3.